The maximum absolute atomic E-state index is 8.13. The Morgan fingerprint density at radius 3 is 2.44 bits per heavy atom. The van der Waals surface area contributed by atoms with Crippen LogP contribution in [-0.2, 0) is 0 Å². The molecule has 1 heterocycles. The van der Waals surface area contributed by atoms with Crippen molar-refractivity contribution in [1.82, 2.24) is 5.32 Å². The van der Waals surface area contributed by atoms with E-state index in [1.807, 2.05) is 33.8 Å². The predicted octanol–water partition coefficient (Wildman–Crippen LogP) is 3.81. The summed E-state index contributed by atoms with van der Waals surface area (Å²) >= 11 is 0. The predicted molar refractivity (Wildman–Crippen MR) is 79.7 cm³/mol. The Labute approximate surface area is 111 Å². The van der Waals surface area contributed by atoms with Crippen molar-refractivity contribution in [2.24, 2.45) is 5.92 Å². The lowest BCUT2D eigenvalue weighted by Gasteiger charge is -2.26. The monoisotopic (exact) mass is 246 g/mol. The van der Waals surface area contributed by atoms with Crippen LogP contribution in [0.4, 0.5) is 0 Å². The van der Waals surface area contributed by atoms with Crippen molar-refractivity contribution in [1.29, 1.82) is 5.41 Å². The van der Waals surface area contributed by atoms with Gasteiger partial charge in [-0.3, -0.25) is 0 Å². The molecule has 1 fully saturated rings. The summed E-state index contributed by atoms with van der Waals surface area (Å²) in [6.07, 6.45) is 1.12. The minimum atomic E-state index is 0.480. The van der Waals surface area contributed by atoms with Gasteiger partial charge in [-0.2, -0.15) is 0 Å². The van der Waals surface area contributed by atoms with Crippen molar-refractivity contribution in [3.8, 4) is 0 Å². The zero-order valence-corrected chi connectivity index (χ0v) is 12.1. The Kier molecular flexibility index (Phi) is 6.06. The molecule has 1 saturated heterocycles. The first-order valence-corrected chi connectivity index (χ1v) is 7.26. The van der Waals surface area contributed by atoms with Crippen LogP contribution in [0.25, 0.3) is 0 Å². The molecular weight excluding hydrogens is 220 g/mol. The summed E-state index contributed by atoms with van der Waals surface area (Å²) < 4.78 is 0. The quantitative estimate of drug-likeness (QED) is 0.717. The summed E-state index contributed by atoms with van der Waals surface area (Å²) in [5.41, 5.74) is 3.44. The van der Waals surface area contributed by atoms with Crippen LogP contribution >= 0.6 is 0 Å². The molecule has 100 valence electrons. The molecule has 0 radical (unpaired) electrons. The van der Waals surface area contributed by atoms with Crippen LogP contribution in [0.1, 0.15) is 51.2 Å². The van der Waals surface area contributed by atoms with Gasteiger partial charge in [-0.05, 0) is 24.1 Å². The van der Waals surface area contributed by atoms with Gasteiger partial charge in [-0.15, -0.1) is 0 Å². The molecule has 2 N–H and O–H groups in total. The third-order valence-electron chi connectivity index (χ3n) is 3.50. The van der Waals surface area contributed by atoms with Crippen LogP contribution < -0.4 is 5.32 Å². The van der Waals surface area contributed by atoms with E-state index in [1.165, 1.54) is 11.1 Å². The molecule has 2 nitrogen and oxygen atoms in total. The van der Waals surface area contributed by atoms with Gasteiger partial charge in [-0.25, -0.2) is 0 Å². The highest BCUT2D eigenvalue weighted by molar-refractivity contribution is 6.05. The van der Waals surface area contributed by atoms with Crippen molar-refractivity contribution in [3.63, 3.8) is 0 Å². The van der Waals surface area contributed by atoms with E-state index >= 15 is 0 Å². The summed E-state index contributed by atoms with van der Waals surface area (Å²) in [6, 6.07) is 8.40. The minimum absolute atomic E-state index is 0.480. The smallest absolute Gasteiger partial charge is 0.0427 e. The van der Waals surface area contributed by atoms with E-state index in [2.05, 4.69) is 23.5 Å². The SMILES string of the molecule is CC.CC.N=C1c2ccccc2[C@@H]2CNCC[C@H]12. The molecule has 1 aliphatic carbocycles. The number of hydrogen-bond acceptors (Lipinski definition) is 2. The summed E-state index contributed by atoms with van der Waals surface area (Å²) in [4.78, 5) is 0. The molecule has 0 bridgehead atoms. The number of hydrogen-bond donors (Lipinski definition) is 2. The minimum Gasteiger partial charge on any atom is -0.316 e. The van der Waals surface area contributed by atoms with E-state index in [0.29, 0.717) is 11.8 Å². The first-order chi connectivity index (χ1) is 8.88. The average Bonchev–Trinajstić information content (AvgIpc) is 2.78. The Morgan fingerprint density at radius 1 is 1.06 bits per heavy atom. The fraction of sp³-hybridized carbons (Fsp3) is 0.562. The van der Waals surface area contributed by atoms with E-state index in [4.69, 9.17) is 5.41 Å². The zero-order chi connectivity index (χ0) is 13.5. The Bertz CT molecular complexity index is 384. The maximum Gasteiger partial charge on any atom is 0.0427 e. The molecule has 1 aliphatic heterocycles. The Balaban J connectivity index is 0.000000371. The largest absolute Gasteiger partial charge is 0.316 e. The van der Waals surface area contributed by atoms with Crippen LogP contribution in [-0.4, -0.2) is 18.8 Å². The van der Waals surface area contributed by atoms with Crippen LogP contribution in [0.2, 0.25) is 0 Å². The van der Waals surface area contributed by atoms with E-state index in [1.54, 1.807) is 0 Å². The molecule has 0 saturated carbocycles. The standard InChI is InChI=1S/C12H14N2.2C2H6/c13-12-9-4-2-1-3-8(9)11-7-14-6-5-10(11)12;2*1-2/h1-4,10-11,13-14H,5-7H2;2*1-2H3/t10-,11-;;/m0../s1. The summed E-state index contributed by atoms with van der Waals surface area (Å²) in [7, 11) is 0. The Hall–Kier alpha value is -1.15. The van der Waals surface area contributed by atoms with Crippen molar-refractivity contribution < 1.29 is 0 Å². The third-order valence-corrected chi connectivity index (χ3v) is 3.50. The number of nitrogens with one attached hydrogen (secondary N) is 2. The van der Waals surface area contributed by atoms with Gasteiger partial charge in [-0.1, -0.05) is 52.0 Å². The molecule has 2 heteroatoms. The van der Waals surface area contributed by atoms with Crippen LogP contribution in [0.15, 0.2) is 24.3 Å². The normalized spacial score (nSPS) is 23.9. The van der Waals surface area contributed by atoms with Gasteiger partial charge < -0.3 is 10.7 Å². The lowest BCUT2D eigenvalue weighted by Crippen LogP contribution is -2.34. The third kappa shape index (κ3) is 2.64. The molecule has 2 aliphatic rings. The lowest BCUT2D eigenvalue weighted by atomic mass is 9.86. The van der Waals surface area contributed by atoms with E-state index in [9.17, 15) is 0 Å². The fourth-order valence-corrected chi connectivity index (χ4v) is 2.80. The number of benzene rings is 1. The first kappa shape index (κ1) is 14.9. The molecule has 3 rings (SSSR count). The molecule has 0 unspecified atom stereocenters. The first-order valence-electron chi connectivity index (χ1n) is 7.26. The maximum atomic E-state index is 8.13. The molecule has 0 spiro atoms. The van der Waals surface area contributed by atoms with E-state index < -0.39 is 0 Å². The van der Waals surface area contributed by atoms with Gasteiger partial charge in [0.25, 0.3) is 0 Å². The van der Waals surface area contributed by atoms with Crippen molar-refractivity contribution >= 4 is 5.71 Å². The average molecular weight is 246 g/mol. The molecule has 2 atom stereocenters. The van der Waals surface area contributed by atoms with Gasteiger partial charge in [0.2, 0.25) is 0 Å². The molecule has 1 aromatic carbocycles. The zero-order valence-electron chi connectivity index (χ0n) is 12.1. The molecule has 1 aromatic rings. The number of piperidine rings is 1. The van der Waals surface area contributed by atoms with E-state index in [0.717, 1.165) is 25.2 Å². The lowest BCUT2D eigenvalue weighted by molar-refractivity contribution is 0.410. The van der Waals surface area contributed by atoms with Crippen molar-refractivity contribution in [2.45, 2.75) is 40.0 Å². The Morgan fingerprint density at radius 2 is 1.72 bits per heavy atom. The van der Waals surface area contributed by atoms with Gasteiger partial charge in [0.1, 0.15) is 0 Å². The molecule has 0 aromatic heterocycles. The second-order valence-electron chi connectivity index (χ2n) is 4.21. The van der Waals surface area contributed by atoms with Crippen LogP contribution in [0.5, 0.6) is 0 Å². The van der Waals surface area contributed by atoms with E-state index in [-0.39, 0.29) is 0 Å². The number of rotatable bonds is 0. The topological polar surface area (TPSA) is 35.9 Å². The summed E-state index contributed by atoms with van der Waals surface area (Å²) in [6.45, 7) is 10.1. The number of fused-ring (bicyclic) bond motifs is 3. The summed E-state index contributed by atoms with van der Waals surface area (Å²) in [5, 5.41) is 11.5. The van der Waals surface area contributed by atoms with Crippen molar-refractivity contribution in [3.05, 3.63) is 35.4 Å². The highest BCUT2D eigenvalue weighted by atomic mass is 14.9. The van der Waals surface area contributed by atoms with Gasteiger partial charge in [0.05, 0.1) is 0 Å². The van der Waals surface area contributed by atoms with Gasteiger partial charge in [0.15, 0.2) is 0 Å². The van der Waals surface area contributed by atoms with Crippen LogP contribution in [0.3, 0.4) is 0 Å². The fourth-order valence-electron chi connectivity index (χ4n) is 2.80. The highest BCUT2D eigenvalue weighted by Crippen LogP contribution is 2.40. The van der Waals surface area contributed by atoms with Crippen molar-refractivity contribution in [2.75, 3.05) is 13.1 Å². The molecule has 0 amide bonds. The highest BCUT2D eigenvalue weighted by Gasteiger charge is 2.37. The summed E-state index contributed by atoms with van der Waals surface area (Å²) in [5.74, 6) is 1.04. The van der Waals surface area contributed by atoms with Gasteiger partial charge >= 0.3 is 0 Å². The van der Waals surface area contributed by atoms with Crippen LogP contribution in [0, 0.1) is 11.3 Å². The second-order valence-corrected chi connectivity index (χ2v) is 4.21. The van der Waals surface area contributed by atoms with Gasteiger partial charge in [0, 0.05) is 24.1 Å². The molecule has 18 heavy (non-hydrogen) atoms. The molecular formula is C16H26N2. The second kappa shape index (κ2) is 7.32.